The van der Waals surface area contributed by atoms with E-state index in [1.807, 2.05) is 0 Å². The highest BCUT2D eigenvalue weighted by Crippen LogP contribution is 2.28. The third-order valence-electron chi connectivity index (χ3n) is 3.24. The van der Waals surface area contributed by atoms with Crippen LogP contribution in [-0.4, -0.2) is 35.1 Å². The van der Waals surface area contributed by atoms with Gasteiger partial charge in [-0.3, -0.25) is 0 Å². The summed E-state index contributed by atoms with van der Waals surface area (Å²) in [6, 6.07) is 3.65. The summed E-state index contributed by atoms with van der Waals surface area (Å²) in [6.07, 6.45) is 5.89. The van der Waals surface area contributed by atoms with Crippen LogP contribution in [0.4, 0.5) is 8.78 Å². The van der Waals surface area contributed by atoms with Crippen molar-refractivity contribution in [3.63, 3.8) is 0 Å². The van der Waals surface area contributed by atoms with E-state index in [0.29, 0.717) is 0 Å². The first-order valence-electron chi connectivity index (χ1n) is 6.43. The number of benzene rings is 1. The van der Waals surface area contributed by atoms with E-state index in [1.165, 1.54) is 46.3 Å². The standard InChI is InChI=1S/C13H12F2N6O/c14-11-3-1-2-10(12(11)15)13(22,8-20-6-4-16-18-20)9-21-7-5-17-19-21/h1-7,22H,8-9H2. The number of nitrogens with zero attached hydrogens (tertiary/aromatic N) is 6. The van der Waals surface area contributed by atoms with Crippen LogP contribution in [0.25, 0.3) is 0 Å². The molecule has 0 unspecified atom stereocenters. The minimum absolute atomic E-state index is 0.118. The van der Waals surface area contributed by atoms with Crippen molar-refractivity contribution in [1.82, 2.24) is 30.0 Å². The molecule has 114 valence electrons. The predicted molar refractivity (Wildman–Crippen MR) is 70.3 cm³/mol. The zero-order chi connectivity index (χ0) is 15.6. The summed E-state index contributed by atoms with van der Waals surface area (Å²) < 4.78 is 30.3. The molecule has 0 aliphatic carbocycles. The Morgan fingerprint density at radius 2 is 1.59 bits per heavy atom. The summed E-state index contributed by atoms with van der Waals surface area (Å²) in [5.41, 5.74) is -1.95. The van der Waals surface area contributed by atoms with Crippen LogP contribution < -0.4 is 0 Å². The maximum absolute atomic E-state index is 14.1. The molecule has 2 heterocycles. The number of aromatic nitrogens is 6. The minimum atomic E-state index is -1.77. The lowest BCUT2D eigenvalue weighted by Gasteiger charge is -2.28. The Balaban J connectivity index is 2.03. The van der Waals surface area contributed by atoms with E-state index in [4.69, 9.17) is 0 Å². The third-order valence-corrected chi connectivity index (χ3v) is 3.24. The molecule has 0 atom stereocenters. The summed E-state index contributed by atoms with van der Waals surface area (Å²) in [7, 11) is 0. The van der Waals surface area contributed by atoms with E-state index in [1.54, 1.807) is 0 Å². The van der Waals surface area contributed by atoms with Gasteiger partial charge < -0.3 is 5.11 Å². The largest absolute Gasteiger partial charge is 0.381 e. The first-order valence-corrected chi connectivity index (χ1v) is 6.43. The van der Waals surface area contributed by atoms with Gasteiger partial charge >= 0.3 is 0 Å². The molecule has 0 saturated carbocycles. The van der Waals surface area contributed by atoms with E-state index >= 15 is 0 Å². The van der Waals surface area contributed by atoms with E-state index in [-0.39, 0.29) is 18.7 Å². The van der Waals surface area contributed by atoms with Crippen LogP contribution in [-0.2, 0) is 18.7 Å². The molecule has 0 fully saturated rings. The Bertz CT molecular complexity index is 708. The van der Waals surface area contributed by atoms with Crippen LogP contribution in [0.1, 0.15) is 5.56 Å². The van der Waals surface area contributed by atoms with Crippen LogP contribution in [0, 0.1) is 11.6 Å². The van der Waals surface area contributed by atoms with Gasteiger partial charge in [-0.2, -0.15) is 0 Å². The second kappa shape index (κ2) is 5.60. The zero-order valence-electron chi connectivity index (χ0n) is 11.3. The van der Waals surface area contributed by atoms with Crippen LogP contribution in [0.3, 0.4) is 0 Å². The van der Waals surface area contributed by atoms with Gasteiger partial charge in [-0.1, -0.05) is 22.6 Å². The lowest BCUT2D eigenvalue weighted by atomic mass is 9.93. The first-order chi connectivity index (χ1) is 10.6. The topological polar surface area (TPSA) is 81.6 Å². The highest BCUT2D eigenvalue weighted by Gasteiger charge is 2.35. The van der Waals surface area contributed by atoms with Crippen molar-refractivity contribution >= 4 is 0 Å². The molecular formula is C13H12F2N6O. The molecule has 3 rings (SSSR count). The molecule has 0 spiro atoms. The Kier molecular flexibility index (Phi) is 3.63. The van der Waals surface area contributed by atoms with Crippen molar-refractivity contribution in [2.75, 3.05) is 0 Å². The molecule has 2 aromatic heterocycles. The molecule has 7 nitrogen and oxygen atoms in total. The maximum atomic E-state index is 14.1. The SMILES string of the molecule is OC(Cn1ccnn1)(Cn1ccnn1)c1cccc(F)c1F. The molecule has 9 heteroatoms. The molecule has 0 bridgehead atoms. The van der Waals surface area contributed by atoms with Crippen LogP contribution in [0.15, 0.2) is 43.0 Å². The van der Waals surface area contributed by atoms with Gasteiger partial charge in [0, 0.05) is 18.0 Å². The summed E-state index contributed by atoms with van der Waals surface area (Å²) in [4.78, 5) is 0. The number of aliphatic hydroxyl groups is 1. The van der Waals surface area contributed by atoms with Crippen molar-refractivity contribution in [2.24, 2.45) is 0 Å². The molecule has 0 aliphatic heterocycles. The number of hydrogen-bond acceptors (Lipinski definition) is 5. The van der Waals surface area contributed by atoms with Gasteiger partial charge in [0.1, 0.15) is 5.60 Å². The van der Waals surface area contributed by atoms with E-state index < -0.39 is 17.2 Å². The third kappa shape index (κ3) is 2.70. The van der Waals surface area contributed by atoms with Gasteiger partial charge in [0.05, 0.1) is 25.5 Å². The van der Waals surface area contributed by atoms with Gasteiger partial charge in [-0.05, 0) is 6.07 Å². The van der Waals surface area contributed by atoms with E-state index in [9.17, 15) is 13.9 Å². The lowest BCUT2D eigenvalue weighted by Crippen LogP contribution is -2.38. The fraction of sp³-hybridized carbons (Fsp3) is 0.231. The highest BCUT2D eigenvalue weighted by molar-refractivity contribution is 5.25. The lowest BCUT2D eigenvalue weighted by molar-refractivity contribution is -0.00971. The van der Waals surface area contributed by atoms with Crippen molar-refractivity contribution in [3.05, 3.63) is 60.2 Å². The average molecular weight is 306 g/mol. The molecular weight excluding hydrogens is 294 g/mol. The monoisotopic (exact) mass is 306 g/mol. The molecule has 0 amide bonds. The smallest absolute Gasteiger partial charge is 0.165 e. The van der Waals surface area contributed by atoms with Gasteiger partial charge in [0.25, 0.3) is 0 Å². The zero-order valence-corrected chi connectivity index (χ0v) is 11.3. The molecule has 3 aromatic rings. The summed E-state index contributed by atoms with van der Waals surface area (Å²) >= 11 is 0. The molecule has 22 heavy (non-hydrogen) atoms. The van der Waals surface area contributed by atoms with Crippen molar-refractivity contribution in [2.45, 2.75) is 18.7 Å². The molecule has 0 aliphatic rings. The molecule has 1 aromatic carbocycles. The Morgan fingerprint density at radius 3 is 2.09 bits per heavy atom. The average Bonchev–Trinajstić information content (AvgIpc) is 3.15. The van der Waals surface area contributed by atoms with Gasteiger partial charge in [-0.25, -0.2) is 18.1 Å². The van der Waals surface area contributed by atoms with Gasteiger partial charge in [-0.15, -0.1) is 10.2 Å². The number of hydrogen-bond donors (Lipinski definition) is 1. The normalized spacial score (nSPS) is 11.8. The fourth-order valence-electron chi connectivity index (χ4n) is 2.25. The highest BCUT2D eigenvalue weighted by atomic mass is 19.2. The molecule has 0 saturated heterocycles. The second-order valence-electron chi connectivity index (χ2n) is 4.83. The summed E-state index contributed by atoms with van der Waals surface area (Å²) in [5.74, 6) is -2.14. The van der Waals surface area contributed by atoms with Gasteiger partial charge in [0.2, 0.25) is 0 Å². The Hall–Kier alpha value is -2.68. The predicted octanol–water partition coefficient (Wildman–Crippen LogP) is 0.736. The van der Waals surface area contributed by atoms with Crippen molar-refractivity contribution in [1.29, 1.82) is 0 Å². The number of rotatable bonds is 5. The summed E-state index contributed by atoms with van der Waals surface area (Å²) in [6.45, 7) is -0.236. The van der Waals surface area contributed by atoms with Crippen LogP contribution >= 0.6 is 0 Å². The quantitative estimate of drug-likeness (QED) is 0.752. The maximum Gasteiger partial charge on any atom is 0.165 e. The Morgan fingerprint density at radius 1 is 1.00 bits per heavy atom. The van der Waals surface area contributed by atoms with Gasteiger partial charge in [0.15, 0.2) is 11.6 Å². The first kappa shape index (κ1) is 14.3. The summed E-state index contributed by atoms with van der Waals surface area (Å²) in [5, 5.41) is 25.7. The molecule has 1 N–H and O–H groups in total. The van der Waals surface area contributed by atoms with Crippen LogP contribution in [0.2, 0.25) is 0 Å². The van der Waals surface area contributed by atoms with Crippen molar-refractivity contribution < 1.29 is 13.9 Å². The Labute approximate surface area is 123 Å². The van der Waals surface area contributed by atoms with Crippen LogP contribution in [0.5, 0.6) is 0 Å². The van der Waals surface area contributed by atoms with Crippen molar-refractivity contribution in [3.8, 4) is 0 Å². The molecule has 0 radical (unpaired) electrons. The second-order valence-corrected chi connectivity index (χ2v) is 4.83. The fourth-order valence-corrected chi connectivity index (χ4v) is 2.25. The van der Waals surface area contributed by atoms with E-state index in [2.05, 4.69) is 20.6 Å². The minimum Gasteiger partial charge on any atom is -0.381 e. The number of halogens is 2. The van der Waals surface area contributed by atoms with E-state index in [0.717, 1.165) is 6.07 Å².